The van der Waals surface area contributed by atoms with Gasteiger partial charge in [-0.05, 0) is 39.8 Å². The Hall–Kier alpha value is -0.610. The molecule has 2 heterocycles. The minimum Gasteiger partial charge on any atom is -0.462 e. The number of hydrogen-bond donors (Lipinski definition) is 1. The van der Waals surface area contributed by atoms with Gasteiger partial charge in [-0.25, -0.2) is 0 Å². The Bertz CT molecular complexity index is 253. The standard InChI is InChI=1S/C13H23NO3/c1-9-7-12(8-10(2)16-9)17-13(15)11-3-5-14-6-4-11/h9-12,14H,3-8H2,1-2H3. The first-order chi connectivity index (χ1) is 8.15. The first-order valence-electron chi connectivity index (χ1n) is 6.72. The zero-order valence-electron chi connectivity index (χ0n) is 10.8. The van der Waals surface area contributed by atoms with Gasteiger partial charge in [0, 0.05) is 12.8 Å². The van der Waals surface area contributed by atoms with E-state index in [1.807, 2.05) is 13.8 Å². The monoisotopic (exact) mass is 241 g/mol. The van der Waals surface area contributed by atoms with Gasteiger partial charge in [0.2, 0.25) is 0 Å². The normalized spacial score (nSPS) is 35.5. The van der Waals surface area contributed by atoms with E-state index < -0.39 is 0 Å². The summed E-state index contributed by atoms with van der Waals surface area (Å²) in [6.07, 6.45) is 3.94. The Morgan fingerprint density at radius 2 is 1.76 bits per heavy atom. The lowest BCUT2D eigenvalue weighted by atomic mass is 9.97. The highest BCUT2D eigenvalue weighted by atomic mass is 16.6. The molecule has 0 spiro atoms. The highest BCUT2D eigenvalue weighted by molar-refractivity contribution is 5.72. The molecule has 0 radical (unpaired) electrons. The number of carbonyl (C=O) groups excluding carboxylic acids is 1. The molecular weight excluding hydrogens is 218 g/mol. The van der Waals surface area contributed by atoms with Crippen molar-refractivity contribution < 1.29 is 14.3 Å². The lowest BCUT2D eigenvalue weighted by Crippen LogP contribution is -2.38. The summed E-state index contributed by atoms with van der Waals surface area (Å²) in [5, 5.41) is 3.26. The van der Waals surface area contributed by atoms with Crippen LogP contribution < -0.4 is 5.32 Å². The quantitative estimate of drug-likeness (QED) is 0.744. The first-order valence-corrected chi connectivity index (χ1v) is 6.72. The minimum atomic E-state index is -0.00204. The molecule has 2 saturated heterocycles. The van der Waals surface area contributed by atoms with Gasteiger partial charge in [-0.15, -0.1) is 0 Å². The summed E-state index contributed by atoms with van der Waals surface area (Å²) >= 11 is 0. The fraction of sp³-hybridized carbons (Fsp3) is 0.923. The second-order valence-corrected chi connectivity index (χ2v) is 5.31. The summed E-state index contributed by atoms with van der Waals surface area (Å²) in [4.78, 5) is 12.0. The first kappa shape index (κ1) is 12.8. The number of ether oxygens (including phenoxy) is 2. The summed E-state index contributed by atoms with van der Waals surface area (Å²) in [6.45, 7) is 5.95. The van der Waals surface area contributed by atoms with Crippen LogP contribution in [0.3, 0.4) is 0 Å². The fourth-order valence-corrected chi connectivity index (χ4v) is 2.76. The van der Waals surface area contributed by atoms with Crippen LogP contribution in [0.15, 0.2) is 0 Å². The summed E-state index contributed by atoms with van der Waals surface area (Å²) in [5.74, 6) is 0.0995. The number of rotatable bonds is 2. The number of esters is 1. The average molecular weight is 241 g/mol. The average Bonchev–Trinajstić information content (AvgIpc) is 2.28. The SMILES string of the molecule is CC1CC(OC(=O)C2CCNCC2)CC(C)O1. The summed E-state index contributed by atoms with van der Waals surface area (Å²) < 4.78 is 11.3. The van der Waals surface area contributed by atoms with Crippen molar-refractivity contribution in [2.75, 3.05) is 13.1 Å². The molecule has 0 saturated carbocycles. The largest absolute Gasteiger partial charge is 0.462 e. The highest BCUT2D eigenvalue weighted by Crippen LogP contribution is 2.24. The van der Waals surface area contributed by atoms with Crippen molar-refractivity contribution in [1.82, 2.24) is 5.32 Å². The van der Waals surface area contributed by atoms with Gasteiger partial charge in [-0.3, -0.25) is 4.79 Å². The van der Waals surface area contributed by atoms with Crippen molar-refractivity contribution in [2.24, 2.45) is 5.92 Å². The van der Waals surface area contributed by atoms with Crippen molar-refractivity contribution >= 4 is 5.97 Å². The van der Waals surface area contributed by atoms with Gasteiger partial charge in [0.1, 0.15) is 6.10 Å². The summed E-state index contributed by atoms with van der Waals surface area (Å²) in [5.41, 5.74) is 0. The van der Waals surface area contributed by atoms with Gasteiger partial charge in [0.15, 0.2) is 0 Å². The maximum Gasteiger partial charge on any atom is 0.309 e. The Labute approximate surface area is 103 Å². The molecule has 0 aromatic rings. The van der Waals surface area contributed by atoms with Gasteiger partial charge in [-0.1, -0.05) is 0 Å². The van der Waals surface area contributed by atoms with E-state index >= 15 is 0 Å². The molecule has 2 atom stereocenters. The predicted molar refractivity (Wildman–Crippen MR) is 64.7 cm³/mol. The third-order valence-electron chi connectivity index (χ3n) is 3.61. The molecule has 0 aliphatic carbocycles. The Morgan fingerprint density at radius 3 is 2.35 bits per heavy atom. The van der Waals surface area contributed by atoms with Crippen molar-refractivity contribution in [3.8, 4) is 0 Å². The molecule has 17 heavy (non-hydrogen) atoms. The van der Waals surface area contributed by atoms with Crippen molar-refractivity contribution in [1.29, 1.82) is 0 Å². The summed E-state index contributed by atoms with van der Waals surface area (Å²) in [6, 6.07) is 0. The lowest BCUT2D eigenvalue weighted by molar-refractivity contribution is -0.165. The number of hydrogen-bond acceptors (Lipinski definition) is 4. The number of piperidine rings is 1. The molecule has 2 aliphatic rings. The van der Waals surface area contributed by atoms with Gasteiger partial charge < -0.3 is 14.8 Å². The van der Waals surface area contributed by atoms with E-state index in [4.69, 9.17) is 9.47 Å². The molecule has 4 nitrogen and oxygen atoms in total. The molecule has 4 heteroatoms. The fourth-order valence-electron chi connectivity index (χ4n) is 2.76. The van der Waals surface area contributed by atoms with Crippen LogP contribution in [-0.2, 0) is 14.3 Å². The molecule has 2 fully saturated rings. The van der Waals surface area contributed by atoms with E-state index in [2.05, 4.69) is 5.32 Å². The molecule has 2 aliphatic heterocycles. The van der Waals surface area contributed by atoms with E-state index in [1.54, 1.807) is 0 Å². The van der Waals surface area contributed by atoms with Crippen LogP contribution in [0.4, 0.5) is 0 Å². The van der Waals surface area contributed by atoms with Crippen molar-refractivity contribution in [3.05, 3.63) is 0 Å². The smallest absolute Gasteiger partial charge is 0.309 e. The maximum atomic E-state index is 12.0. The molecule has 2 unspecified atom stereocenters. The second-order valence-electron chi connectivity index (χ2n) is 5.31. The van der Waals surface area contributed by atoms with Gasteiger partial charge in [0.05, 0.1) is 18.1 Å². The van der Waals surface area contributed by atoms with Crippen LogP contribution >= 0.6 is 0 Å². The third-order valence-corrected chi connectivity index (χ3v) is 3.61. The van der Waals surface area contributed by atoms with E-state index in [0.29, 0.717) is 0 Å². The Balaban J connectivity index is 1.80. The molecule has 2 rings (SSSR count). The lowest BCUT2D eigenvalue weighted by Gasteiger charge is -2.33. The number of nitrogens with one attached hydrogen (secondary N) is 1. The molecule has 0 aromatic carbocycles. The van der Waals surface area contributed by atoms with Crippen molar-refractivity contribution in [3.63, 3.8) is 0 Å². The van der Waals surface area contributed by atoms with E-state index in [9.17, 15) is 4.79 Å². The van der Waals surface area contributed by atoms with Crippen LogP contribution in [0.2, 0.25) is 0 Å². The van der Waals surface area contributed by atoms with Gasteiger partial charge >= 0.3 is 5.97 Å². The molecule has 98 valence electrons. The third kappa shape index (κ3) is 3.68. The van der Waals surface area contributed by atoms with Crippen LogP contribution in [0, 0.1) is 5.92 Å². The van der Waals surface area contributed by atoms with E-state index in [-0.39, 0.29) is 30.2 Å². The summed E-state index contributed by atoms with van der Waals surface area (Å²) in [7, 11) is 0. The molecule has 0 aromatic heterocycles. The van der Waals surface area contributed by atoms with Crippen LogP contribution in [0.5, 0.6) is 0 Å². The molecular formula is C13H23NO3. The van der Waals surface area contributed by atoms with E-state index in [0.717, 1.165) is 38.8 Å². The minimum absolute atomic E-state index is 0.00204. The van der Waals surface area contributed by atoms with E-state index in [1.165, 1.54) is 0 Å². The highest BCUT2D eigenvalue weighted by Gasteiger charge is 2.30. The molecule has 1 N–H and O–H groups in total. The van der Waals surface area contributed by atoms with Crippen molar-refractivity contribution in [2.45, 2.75) is 57.8 Å². The zero-order chi connectivity index (χ0) is 12.3. The second kappa shape index (κ2) is 5.83. The Kier molecular flexibility index (Phi) is 4.40. The van der Waals surface area contributed by atoms with Gasteiger partial charge in [-0.2, -0.15) is 0 Å². The van der Waals surface area contributed by atoms with Crippen LogP contribution in [-0.4, -0.2) is 37.4 Å². The zero-order valence-corrected chi connectivity index (χ0v) is 10.8. The molecule has 0 bridgehead atoms. The Morgan fingerprint density at radius 1 is 1.18 bits per heavy atom. The van der Waals surface area contributed by atoms with Gasteiger partial charge in [0.25, 0.3) is 0 Å². The van der Waals surface area contributed by atoms with Crippen LogP contribution in [0.25, 0.3) is 0 Å². The maximum absolute atomic E-state index is 12.0. The number of carbonyl (C=O) groups is 1. The predicted octanol–water partition coefficient (Wildman–Crippen LogP) is 1.49. The van der Waals surface area contributed by atoms with Crippen LogP contribution in [0.1, 0.15) is 39.5 Å². The topological polar surface area (TPSA) is 47.6 Å². The molecule has 0 amide bonds.